The van der Waals surface area contributed by atoms with Gasteiger partial charge in [0.05, 0.1) is 25.4 Å². The van der Waals surface area contributed by atoms with E-state index in [1.54, 1.807) is 5.48 Å². The van der Waals surface area contributed by atoms with Crippen LogP contribution in [0, 0.1) is 35.0 Å². The fourth-order valence-electron chi connectivity index (χ4n) is 6.33. The van der Waals surface area contributed by atoms with E-state index in [0.717, 1.165) is 51.0 Å². The summed E-state index contributed by atoms with van der Waals surface area (Å²) >= 11 is 0. The molecule has 0 radical (unpaired) electrons. The smallest absolute Gasteiger partial charge is 0.248 e. The second kappa shape index (κ2) is 15.8. The van der Waals surface area contributed by atoms with Crippen LogP contribution in [0.15, 0.2) is 12.2 Å². The lowest BCUT2D eigenvalue weighted by Crippen LogP contribution is -2.34. The third kappa shape index (κ3) is 9.51. The minimum atomic E-state index is -0.567. The van der Waals surface area contributed by atoms with Crippen LogP contribution in [-0.4, -0.2) is 36.5 Å². The lowest BCUT2D eigenvalue weighted by molar-refractivity contribution is -0.138. The molecule has 3 rings (SSSR count). The number of hydroxylamine groups is 1. The summed E-state index contributed by atoms with van der Waals surface area (Å²) in [5.74, 6) is 8.33. The van der Waals surface area contributed by atoms with Crippen molar-refractivity contribution in [2.45, 2.75) is 129 Å². The van der Waals surface area contributed by atoms with E-state index in [4.69, 9.17) is 14.7 Å². The van der Waals surface area contributed by atoms with Crippen LogP contribution in [0.2, 0.25) is 0 Å². The van der Waals surface area contributed by atoms with E-state index in [2.05, 4.69) is 24.0 Å². The molecule has 2 bridgehead atoms. The zero-order valence-electron chi connectivity index (χ0n) is 22.9. The van der Waals surface area contributed by atoms with Crippen molar-refractivity contribution < 1.29 is 19.5 Å². The maximum Gasteiger partial charge on any atom is 0.248 e. The molecule has 3 fully saturated rings. The minimum Gasteiger partial charge on any atom is -0.380 e. The number of nitrogens with one attached hydrogen (secondary N) is 1. The molecule has 5 heteroatoms. The van der Waals surface area contributed by atoms with Crippen molar-refractivity contribution in [3.8, 4) is 11.8 Å². The summed E-state index contributed by atoms with van der Waals surface area (Å²) in [7, 11) is 0. The molecule has 0 aromatic rings. The molecule has 4 atom stereocenters. The van der Waals surface area contributed by atoms with Gasteiger partial charge in [-0.2, -0.15) is 0 Å². The summed E-state index contributed by atoms with van der Waals surface area (Å²) in [5.41, 5.74) is 1.20. The molecule has 0 unspecified atom stereocenters. The van der Waals surface area contributed by atoms with Crippen LogP contribution >= 0.6 is 0 Å². The Labute approximate surface area is 220 Å². The second-order valence-electron chi connectivity index (χ2n) is 12.0. The number of carbonyl (C=O) groups is 1. The van der Waals surface area contributed by atoms with Crippen LogP contribution in [0.5, 0.6) is 0 Å². The zero-order chi connectivity index (χ0) is 25.6. The van der Waals surface area contributed by atoms with Crippen LogP contribution in [0.1, 0.15) is 117 Å². The number of hydrogen-bond acceptors (Lipinski definition) is 4. The second-order valence-corrected chi connectivity index (χ2v) is 12.0. The van der Waals surface area contributed by atoms with Gasteiger partial charge in [-0.25, -0.2) is 5.48 Å². The largest absolute Gasteiger partial charge is 0.380 e. The van der Waals surface area contributed by atoms with Crippen LogP contribution in [0.25, 0.3) is 0 Å². The molecule has 2 saturated heterocycles. The highest BCUT2D eigenvalue weighted by molar-refractivity contribution is 5.80. The first kappa shape index (κ1) is 29.2. The number of allylic oxidation sites excluding steroid dienone is 2. The Kier molecular flexibility index (Phi) is 12.8. The van der Waals surface area contributed by atoms with Crippen LogP contribution in [0.4, 0.5) is 0 Å². The molecular weight excluding hydrogens is 450 g/mol. The Hall–Kier alpha value is -1.35. The molecule has 5 nitrogen and oxygen atoms in total. The monoisotopic (exact) mass is 501 g/mol. The third-order valence-corrected chi connectivity index (χ3v) is 8.76. The van der Waals surface area contributed by atoms with E-state index >= 15 is 0 Å². The topological polar surface area (TPSA) is 67.8 Å². The Morgan fingerprint density at radius 2 is 1.75 bits per heavy atom. The summed E-state index contributed by atoms with van der Waals surface area (Å²) in [6.07, 6.45) is 24.5. The normalized spacial score (nSPS) is 26.3. The number of hydrogen-bond donors (Lipinski definition) is 2. The fourth-order valence-corrected chi connectivity index (χ4v) is 6.33. The highest BCUT2D eigenvalue weighted by Gasteiger charge is 2.48. The van der Waals surface area contributed by atoms with Crippen molar-refractivity contribution in [1.82, 2.24) is 5.48 Å². The number of rotatable bonds is 15. The van der Waals surface area contributed by atoms with Crippen molar-refractivity contribution in [1.29, 1.82) is 0 Å². The van der Waals surface area contributed by atoms with Crippen LogP contribution < -0.4 is 5.48 Å². The van der Waals surface area contributed by atoms with Gasteiger partial charge >= 0.3 is 0 Å². The van der Waals surface area contributed by atoms with Gasteiger partial charge in [0.2, 0.25) is 5.91 Å². The molecule has 36 heavy (non-hydrogen) atoms. The molecule has 2 aliphatic heterocycles. The summed E-state index contributed by atoms with van der Waals surface area (Å²) in [6, 6.07) is 0. The molecule has 3 aliphatic rings. The molecule has 1 saturated carbocycles. The predicted octanol–water partition coefficient (Wildman–Crippen LogP) is 6.98. The fraction of sp³-hybridized carbons (Fsp3) is 0.839. The number of unbranched alkanes of at least 4 members (excludes halogenated alkanes) is 3. The molecule has 1 aliphatic carbocycles. The van der Waals surface area contributed by atoms with Gasteiger partial charge in [-0.05, 0) is 50.4 Å². The summed E-state index contributed by atoms with van der Waals surface area (Å²) in [5, 5.41) is 8.86. The minimum absolute atomic E-state index is 0.329. The lowest BCUT2D eigenvalue weighted by atomic mass is 9.78. The van der Waals surface area contributed by atoms with E-state index in [9.17, 15) is 4.79 Å². The number of amides is 1. The summed E-state index contributed by atoms with van der Waals surface area (Å²) in [4.78, 5) is 11.7. The summed E-state index contributed by atoms with van der Waals surface area (Å²) in [6.45, 7) is 5.19. The Morgan fingerprint density at radius 3 is 2.53 bits per heavy atom. The first-order valence-electron chi connectivity index (χ1n) is 14.8. The Bertz CT molecular complexity index is 731. The molecule has 2 heterocycles. The van der Waals surface area contributed by atoms with Crippen molar-refractivity contribution in [3.63, 3.8) is 0 Å². The molecule has 0 aromatic carbocycles. The van der Waals surface area contributed by atoms with Gasteiger partial charge in [-0.1, -0.05) is 77.4 Å². The predicted molar refractivity (Wildman–Crippen MR) is 144 cm³/mol. The molecule has 1 amide bonds. The first-order valence-corrected chi connectivity index (χ1v) is 14.8. The van der Waals surface area contributed by atoms with E-state index < -0.39 is 5.41 Å². The molecule has 204 valence electrons. The van der Waals surface area contributed by atoms with Crippen molar-refractivity contribution in [3.05, 3.63) is 12.2 Å². The molecular formula is C31H51NO4. The van der Waals surface area contributed by atoms with Gasteiger partial charge < -0.3 is 9.47 Å². The zero-order valence-corrected chi connectivity index (χ0v) is 22.9. The molecule has 2 N–H and O–H groups in total. The third-order valence-electron chi connectivity index (χ3n) is 8.76. The van der Waals surface area contributed by atoms with Gasteiger partial charge in [0, 0.05) is 24.2 Å². The van der Waals surface area contributed by atoms with Gasteiger partial charge in [0.15, 0.2) is 0 Å². The van der Waals surface area contributed by atoms with E-state index in [1.807, 2.05) is 13.8 Å². The van der Waals surface area contributed by atoms with Crippen molar-refractivity contribution in [2.24, 2.45) is 23.2 Å². The van der Waals surface area contributed by atoms with Crippen LogP contribution in [-0.2, 0) is 14.3 Å². The average Bonchev–Trinajstić information content (AvgIpc) is 3.49. The SMILES string of the molecule is CC(C)(CC/C=C\C[C@H]1[C@@H](COCCC#CCCCCCC2CCCCC2)[C@H]2CC[C@@H]1O2)C(=O)NO. The summed E-state index contributed by atoms with van der Waals surface area (Å²) < 4.78 is 12.3. The van der Waals surface area contributed by atoms with Crippen LogP contribution in [0.3, 0.4) is 0 Å². The van der Waals surface area contributed by atoms with Crippen molar-refractivity contribution >= 4 is 5.91 Å². The van der Waals surface area contributed by atoms with Gasteiger partial charge in [-0.15, -0.1) is 11.8 Å². The standard InChI is InChI=1S/C31H51NO4/c1-31(2,30(33)32-34)22-14-9-13-19-26-27(29-21-20-28(26)36-29)24-35-23-15-7-5-3-4-6-10-16-25-17-11-8-12-18-25/h9,13,25-29,34H,3-4,6,8,10-12,14-24H2,1-2H3,(H,32,33)/b13-9-/t26-,27+,28-,29+/m0/s1. The first-order chi connectivity index (χ1) is 17.5. The van der Waals surface area contributed by atoms with Gasteiger partial charge in [-0.3, -0.25) is 10.0 Å². The quantitative estimate of drug-likeness (QED) is 0.0835. The number of carbonyl (C=O) groups excluding carboxylic acids is 1. The Balaban J connectivity index is 1.24. The lowest BCUT2D eigenvalue weighted by Gasteiger charge is -2.27. The van der Waals surface area contributed by atoms with Gasteiger partial charge in [0.1, 0.15) is 0 Å². The van der Waals surface area contributed by atoms with Gasteiger partial charge in [0.25, 0.3) is 0 Å². The maximum absolute atomic E-state index is 11.7. The average molecular weight is 502 g/mol. The highest BCUT2D eigenvalue weighted by atomic mass is 16.5. The number of fused-ring (bicyclic) bond motifs is 2. The molecule has 0 spiro atoms. The van der Waals surface area contributed by atoms with Crippen molar-refractivity contribution in [2.75, 3.05) is 13.2 Å². The molecule has 0 aromatic heterocycles. The number of ether oxygens (including phenoxy) is 2. The highest BCUT2D eigenvalue weighted by Crippen LogP contribution is 2.45. The van der Waals surface area contributed by atoms with E-state index in [1.165, 1.54) is 57.8 Å². The Morgan fingerprint density at radius 1 is 1.00 bits per heavy atom. The van der Waals surface area contributed by atoms with E-state index in [0.29, 0.717) is 37.1 Å². The maximum atomic E-state index is 11.7. The van der Waals surface area contributed by atoms with E-state index in [-0.39, 0.29) is 5.91 Å².